The van der Waals surface area contributed by atoms with E-state index >= 15 is 0 Å². The molecule has 0 aliphatic rings. The molecule has 6 aromatic carbocycles. The van der Waals surface area contributed by atoms with Gasteiger partial charge in [0.25, 0.3) is 0 Å². The van der Waals surface area contributed by atoms with E-state index in [1.165, 1.54) is 0 Å². The normalized spacial score (nSPS) is 10.9. The molecule has 256 valence electrons. The van der Waals surface area contributed by atoms with Gasteiger partial charge in [-0.25, -0.2) is 0 Å². The average Bonchev–Trinajstić information content (AvgIpc) is 3.22. The Morgan fingerprint density at radius 1 is 0.385 bits per heavy atom. The molecule has 6 heteroatoms. The summed E-state index contributed by atoms with van der Waals surface area (Å²) in [6.45, 7) is 0. The SMILES string of the molecule is COc1ccc(/C(=C\C#N)c2ccc(-c3ccccc3)cc2)cc1OC.COc1ccc(/C(=C\C#N)c2ccc(-c3ccccc3)cc2)cc1OC. The van der Waals surface area contributed by atoms with Crippen LogP contribution in [0.4, 0.5) is 0 Å². The fourth-order valence-corrected chi connectivity index (χ4v) is 5.75. The highest BCUT2D eigenvalue weighted by Gasteiger charge is 2.12. The van der Waals surface area contributed by atoms with Crippen molar-refractivity contribution in [2.75, 3.05) is 28.4 Å². The minimum absolute atomic E-state index is 0.634. The van der Waals surface area contributed by atoms with Crippen LogP contribution in [0.15, 0.2) is 158 Å². The second-order valence-corrected chi connectivity index (χ2v) is 11.4. The number of nitriles is 2. The van der Waals surface area contributed by atoms with E-state index in [1.54, 1.807) is 40.6 Å². The van der Waals surface area contributed by atoms with E-state index in [0.717, 1.165) is 55.7 Å². The van der Waals surface area contributed by atoms with Gasteiger partial charge < -0.3 is 18.9 Å². The molecule has 0 aliphatic carbocycles. The summed E-state index contributed by atoms with van der Waals surface area (Å²) in [5.41, 5.74) is 10.0. The fourth-order valence-electron chi connectivity index (χ4n) is 5.75. The number of rotatable bonds is 10. The summed E-state index contributed by atoms with van der Waals surface area (Å²) in [7, 11) is 6.41. The first-order valence-corrected chi connectivity index (χ1v) is 16.5. The van der Waals surface area contributed by atoms with Crippen LogP contribution < -0.4 is 18.9 Å². The molecule has 0 aromatic heterocycles. The Morgan fingerprint density at radius 3 is 1.00 bits per heavy atom. The van der Waals surface area contributed by atoms with Crippen molar-refractivity contribution in [1.29, 1.82) is 10.5 Å². The van der Waals surface area contributed by atoms with Crippen LogP contribution in [-0.4, -0.2) is 28.4 Å². The van der Waals surface area contributed by atoms with Gasteiger partial charge in [0.1, 0.15) is 0 Å². The highest BCUT2D eigenvalue weighted by Crippen LogP contribution is 2.35. The van der Waals surface area contributed by atoms with Crippen LogP contribution >= 0.6 is 0 Å². The Morgan fingerprint density at radius 2 is 0.692 bits per heavy atom. The lowest BCUT2D eigenvalue weighted by molar-refractivity contribution is 0.355. The van der Waals surface area contributed by atoms with Crippen molar-refractivity contribution >= 4 is 11.1 Å². The second kappa shape index (κ2) is 18.1. The number of hydrogen-bond donors (Lipinski definition) is 0. The third-order valence-electron chi connectivity index (χ3n) is 8.41. The largest absolute Gasteiger partial charge is 0.493 e. The zero-order valence-corrected chi connectivity index (χ0v) is 29.5. The lowest BCUT2D eigenvalue weighted by Crippen LogP contribution is -1.94. The van der Waals surface area contributed by atoms with Crippen molar-refractivity contribution in [3.05, 3.63) is 180 Å². The van der Waals surface area contributed by atoms with Gasteiger partial charge >= 0.3 is 0 Å². The Bertz CT molecular complexity index is 2070. The number of hydrogen-bond acceptors (Lipinski definition) is 6. The van der Waals surface area contributed by atoms with Crippen LogP contribution in [0.1, 0.15) is 22.3 Å². The van der Waals surface area contributed by atoms with Gasteiger partial charge in [-0.2, -0.15) is 10.5 Å². The summed E-state index contributed by atoms with van der Waals surface area (Å²) >= 11 is 0. The van der Waals surface area contributed by atoms with E-state index < -0.39 is 0 Å². The Kier molecular flexibility index (Phi) is 12.6. The molecular weight excluding hydrogens is 645 g/mol. The first-order valence-electron chi connectivity index (χ1n) is 16.5. The Balaban J connectivity index is 0.000000201. The molecule has 0 amide bonds. The van der Waals surface area contributed by atoms with E-state index in [2.05, 4.69) is 60.7 Å². The van der Waals surface area contributed by atoms with Crippen LogP contribution in [0.2, 0.25) is 0 Å². The average molecular weight is 683 g/mol. The molecule has 52 heavy (non-hydrogen) atoms. The van der Waals surface area contributed by atoms with E-state index in [9.17, 15) is 10.5 Å². The summed E-state index contributed by atoms with van der Waals surface area (Å²) in [5, 5.41) is 18.5. The standard InChI is InChI=1S/2C23H19NO2/c2*1-25-22-13-12-20(16-23(22)26-2)21(14-15-24)19-10-8-18(9-11-19)17-6-4-3-5-7-17/h2*3-14,16H,1-2H3/b2*21-14-. The molecule has 0 unspecified atom stereocenters. The van der Waals surface area contributed by atoms with Gasteiger partial charge in [-0.3, -0.25) is 0 Å². The fraction of sp³-hybridized carbons (Fsp3) is 0.0870. The minimum atomic E-state index is 0.634. The molecular formula is C46H38N2O4. The van der Waals surface area contributed by atoms with Gasteiger partial charge in [-0.1, -0.05) is 121 Å². The van der Waals surface area contributed by atoms with Crippen LogP contribution in [0.5, 0.6) is 23.0 Å². The van der Waals surface area contributed by atoms with E-state index in [1.807, 2.05) is 97.1 Å². The van der Waals surface area contributed by atoms with Crippen LogP contribution in [0.25, 0.3) is 33.4 Å². The molecule has 6 aromatic rings. The zero-order chi connectivity index (χ0) is 36.7. The molecule has 0 fully saturated rings. The molecule has 0 bridgehead atoms. The first-order chi connectivity index (χ1) is 25.5. The topological polar surface area (TPSA) is 84.5 Å². The maximum Gasteiger partial charge on any atom is 0.161 e. The summed E-state index contributed by atoms with van der Waals surface area (Å²) in [4.78, 5) is 0. The molecule has 0 saturated heterocycles. The summed E-state index contributed by atoms with van der Waals surface area (Å²) in [5.74, 6) is 2.59. The van der Waals surface area contributed by atoms with Gasteiger partial charge in [0.15, 0.2) is 23.0 Å². The summed E-state index contributed by atoms with van der Waals surface area (Å²) in [6, 6.07) is 52.4. The van der Waals surface area contributed by atoms with Gasteiger partial charge in [0, 0.05) is 12.2 Å². The molecule has 0 radical (unpaired) electrons. The molecule has 0 spiro atoms. The van der Waals surface area contributed by atoms with Crippen molar-refractivity contribution in [2.45, 2.75) is 0 Å². The predicted octanol–water partition coefficient (Wildman–Crippen LogP) is 10.7. The van der Waals surface area contributed by atoms with Crippen molar-refractivity contribution in [2.24, 2.45) is 0 Å². The maximum atomic E-state index is 9.24. The first kappa shape index (κ1) is 36.3. The number of nitrogens with zero attached hydrogens (tertiary/aromatic N) is 2. The number of methoxy groups -OCH3 is 4. The van der Waals surface area contributed by atoms with Crippen molar-refractivity contribution in [3.63, 3.8) is 0 Å². The molecule has 6 nitrogen and oxygen atoms in total. The maximum absolute atomic E-state index is 9.24. The Hall–Kier alpha value is -7.02. The molecule has 0 saturated carbocycles. The number of benzene rings is 6. The van der Waals surface area contributed by atoms with Gasteiger partial charge in [0.05, 0.1) is 40.6 Å². The van der Waals surface area contributed by atoms with E-state index in [0.29, 0.717) is 23.0 Å². The summed E-state index contributed by atoms with van der Waals surface area (Å²) in [6.07, 6.45) is 3.11. The molecule has 0 N–H and O–H groups in total. The van der Waals surface area contributed by atoms with E-state index in [4.69, 9.17) is 18.9 Å². The smallest absolute Gasteiger partial charge is 0.161 e. The number of allylic oxidation sites excluding steroid dienone is 2. The number of ether oxygens (including phenoxy) is 4. The van der Waals surface area contributed by atoms with E-state index in [-0.39, 0.29) is 0 Å². The zero-order valence-electron chi connectivity index (χ0n) is 29.5. The second-order valence-electron chi connectivity index (χ2n) is 11.4. The lowest BCUT2D eigenvalue weighted by Gasteiger charge is -2.12. The predicted molar refractivity (Wildman–Crippen MR) is 208 cm³/mol. The minimum Gasteiger partial charge on any atom is -0.493 e. The monoisotopic (exact) mass is 682 g/mol. The van der Waals surface area contributed by atoms with Gasteiger partial charge in [0.2, 0.25) is 0 Å². The van der Waals surface area contributed by atoms with Gasteiger partial charge in [-0.05, 0) is 79.9 Å². The molecule has 0 heterocycles. The van der Waals surface area contributed by atoms with Crippen molar-refractivity contribution in [1.82, 2.24) is 0 Å². The Labute approximate surface area is 305 Å². The highest BCUT2D eigenvalue weighted by molar-refractivity contribution is 5.84. The third kappa shape index (κ3) is 8.76. The quantitative estimate of drug-likeness (QED) is 0.134. The van der Waals surface area contributed by atoms with Crippen LogP contribution in [0, 0.1) is 22.7 Å². The lowest BCUT2D eigenvalue weighted by atomic mass is 9.95. The van der Waals surface area contributed by atoms with Crippen LogP contribution in [-0.2, 0) is 0 Å². The van der Waals surface area contributed by atoms with Gasteiger partial charge in [-0.15, -0.1) is 0 Å². The summed E-state index contributed by atoms with van der Waals surface area (Å²) < 4.78 is 21.3. The molecule has 6 rings (SSSR count). The van der Waals surface area contributed by atoms with Crippen LogP contribution in [0.3, 0.4) is 0 Å². The highest BCUT2D eigenvalue weighted by atomic mass is 16.5. The molecule has 0 aliphatic heterocycles. The van der Waals surface area contributed by atoms with Crippen molar-refractivity contribution < 1.29 is 18.9 Å². The third-order valence-corrected chi connectivity index (χ3v) is 8.41. The molecule has 0 atom stereocenters. The van der Waals surface area contributed by atoms with Crippen molar-refractivity contribution in [3.8, 4) is 57.4 Å².